The molecular weight excluding hydrogens is 382 g/mol. The molecule has 2 heterocycles. The predicted molar refractivity (Wildman–Crippen MR) is 110 cm³/mol. The van der Waals surface area contributed by atoms with Crippen molar-refractivity contribution in [2.45, 2.75) is 33.2 Å². The number of rotatable bonds is 5. The topological polar surface area (TPSA) is 79.4 Å². The first-order valence-corrected chi connectivity index (χ1v) is 11.6. The van der Waals surface area contributed by atoms with Crippen LogP contribution in [-0.4, -0.2) is 55.3 Å². The molecule has 146 valence electrons. The van der Waals surface area contributed by atoms with E-state index in [0.717, 1.165) is 16.8 Å². The van der Waals surface area contributed by atoms with Crippen molar-refractivity contribution in [1.82, 2.24) is 9.88 Å². The molecule has 1 saturated heterocycles. The van der Waals surface area contributed by atoms with E-state index in [1.54, 1.807) is 7.05 Å². The lowest BCUT2D eigenvalue weighted by molar-refractivity contribution is -0.117. The van der Waals surface area contributed by atoms with Gasteiger partial charge in [0.15, 0.2) is 15.0 Å². The number of benzene rings is 1. The van der Waals surface area contributed by atoms with Gasteiger partial charge in [-0.3, -0.25) is 9.69 Å². The van der Waals surface area contributed by atoms with Crippen LogP contribution in [-0.2, 0) is 14.6 Å². The van der Waals surface area contributed by atoms with Gasteiger partial charge in [-0.05, 0) is 57.0 Å². The number of amides is 1. The van der Waals surface area contributed by atoms with E-state index in [0.29, 0.717) is 11.6 Å². The van der Waals surface area contributed by atoms with Gasteiger partial charge in [0, 0.05) is 17.0 Å². The van der Waals surface area contributed by atoms with E-state index >= 15 is 0 Å². The maximum Gasteiger partial charge on any atom is 0.240 e. The minimum atomic E-state index is -2.96. The van der Waals surface area contributed by atoms with Crippen LogP contribution in [0.15, 0.2) is 17.5 Å². The lowest BCUT2D eigenvalue weighted by atomic mass is 9.99. The van der Waals surface area contributed by atoms with Crippen molar-refractivity contribution in [2.75, 3.05) is 30.4 Å². The molecular formula is C19H25N3O3S2. The molecule has 1 aromatic heterocycles. The fourth-order valence-electron chi connectivity index (χ4n) is 3.33. The second-order valence-electron chi connectivity index (χ2n) is 7.31. The van der Waals surface area contributed by atoms with Crippen molar-refractivity contribution in [3.8, 4) is 11.3 Å². The van der Waals surface area contributed by atoms with E-state index in [9.17, 15) is 13.2 Å². The maximum atomic E-state index is 12.3. The summed E-state index contributed by atoms with van der Waals surface area (Å²) in [5.41, 5.74) is 5.54. The summed E-state index contributed by atoms with van der Waals surface area (Å²) in [5.74, 6) is 0.151. The van der Waals surface area contributed by atoms with Crippen molar-refractivity contribution in [3.05, 3.63) is 34.2 Å². The van der Waals surface area contributed by atoms with Gasteiger partial charge in [0.2, 0.25) is 5.91 Å². The summed E-state index contributed by atoms with van der Waals surface area (Å²) < 4.78 is 23.2. The molecule has 1 unspecified atom stereocenters. The third kappa shape index (κ3) is 4.75. The fraction of sp³-hybridized carbons (Fsp3) is 0.474. The smallest absolute Gasteiger partial charge is 0.240 e. The van der Waals surface area contributed by atoms with E-state index in [1.807, 2.05) is 10.3 Å². The van der Waals surface area contributed by atoms with Crippen molar-refractivity contribution >= 4 is 32.2 Å². The predicted octanol–water partition coefficient (Wildman–Crippen LogP) is 2.79. The highest BCUT2D eigenvalue weighted by atomic mass is 32.2. The van der Waals surface area contributed by atoms with Gasteiger partial charge < -0.3 is 5.32 Å². The van der Waals surface area contributed by atoms with Crippen LogP contribution in [0.3, 0.4) is 0 Å². The molecule has 2 aromatic rings. The number of likely N-dealkylation sites (N-methyl/N-ethyl adjacent to an activating group) is 1. The number of sulfone groups is 1. The van der Waals surface area contributed by atoms with E-state index in [1.165, 1.54) is 22.5 Å². The second-order valence-corrected chi connectivity index (χ2v) is 10.4. The minimum Gasteiger partial charge on any atom is -0.301 e. The van der Waals surface area contributed by atoms with Gasteiger partial charge >= 0.3 is 0 Å². The molecule has 1 N–H and O–H groups in total. The summed E-state index contributed by atoms with van der Waals surface area (Å²) in [6, 6.07) is 4.18. The summed E-state index contributed by atoms with van der Waals surface area (Å²) in [7, 11) is -1.17. The standard InChI is InChI=1S/C19H25N3O3S2/c1-12-7-14(3)16(8-13(12)2)17-10-26-19(20-17)21-18(23)9-22(4)15-5-6-27(24,25)11-15/h7-8,10,15H,5-6,9,11H2,1-4H3,(H,20,21,23). The lowest BCUT2D eigenvalue weighted by Gasteiger charge is -2.21. The highest BCUT2D eigenvalue weighted by molar-refractivity contribution is 7.91. The number of nitrogens with zero attached hydrogens (tertiary/aromatic N) is 2. The Morgan fingerprint density at radius 3 is 2.63 bits per heavy atom. The van der Waals surface area contributed by atoms with E-state index in [4.69, 9.17) is 0 Å². The number of aryl methyl sites for hydroxylation is 3. The van der Waals surface area contributed by atoms with Gasteiger partial charge in [0.05, 0.1) is 23.7 Å². The average molecular weight is 408 g/mol. The van der Waals surface area contributed by atoms with Crippen molar-refractivity contribution in [3.63, 3.8) is 0 Å². The third-order valence-corrected chi connectivity index (χ3v) is 7.60. The maximum absolute atomic E-state index is 12.3. The van der Waals surface area contributed by atoms with Gasteiger partial charge in [-0.15, -0.1) is 11.3 Å². The largest absolute Gasteiger partial charge is 0.301 e. The Kier molecular flexibility index (Phi) is 5.69. The highest BCUT2D eigenvalue weighted by Crippen LogP contribution is 2.29. The molecule has 1 aromatic carbocycles. The summed E-state index contributed by atoms with van der Waals surface area (Å²) in [5, 5.41) is 5.33. The first-order valence-electron chi connectivity index (χ1n) is 8.89. The van der Waals surface area contributed by atoms with Gasteiger partial charge in [0.25, 0.3) is 0 Å². The zero-order valence-electron chi connectivity index (χ0n) is 16.1. The molecule has 6 nitrogen and oxygen atoms in total. The molecule has 3 rings (SSSR count). The van der Waals surface area contributed by atoms with Crippen LogP contribution in [0.5, 0.6) is 0 Å². The molecule has 0 spiro atoms. The Morgan fingerprint density at radius 2 is 1.96 bits per heavy atom. The summed E-state index contributed by atoms with van der Waals surface area (Å²) in [6.07, 6.45) is 0.583. The molecule has 0 radical (unpaired) electrons. The van der Waals surface area contributed by atoms with E-state index in [2.05, 4.69) is 43.2 Å². The first kappa shape index (κ1) is 20.0. The van der Waals surface area contributed by atoms with Gasteiger partial charge in [-0.25, -0.2) is 13.4 Å². The van der Waals surface area contributed by atoms with Crippen LogP contribution in [0.2, 0.25) is 0 Å². The molecule has 1 aliphatic rings. The lowest BCUT2D eigenvalue weighted by Crippen LogP contribution is -2.38. The molecule has 1 atom stereocenters. The molecule has 1 amide bonds. The molecule has 0 bridgehead atoms. The zero-order chi connectivity index (χ0) is 19.8. The molecule has 1 fully saturated rings. The summed E-state index contributed by atoms with van der Waals surface area (Å²) in [4.78, 5) is 18.7. The number of hydrogen-bond acceptors (Lipinski definition) is 6. The summed E-state index contributed by atoms with van der Waals surface area (Å²) in [6.45, 7) is 6.37. The van der Waals surface area contributed by atoms with Crippen LogP contribution in [0, 0.1) is 20.8 Å². The Bertz CT molecular complexity index is 967. The Morgan fingerprint density at radius 1 is 1.26 bits per heavy atom. The van der Waals surface area contributed by atoms with Crippen LogP contribution in [0.1, 0.15) is 23.1 Å². The van der Waals surface area contributed by atoms with Crippen LogP contribution >= 0.6 is 11.3 Å². The second kappa shape index (κ2) is 7.69. The van der Waals surface area contributed by atoms with Crippen molar-refractivity contribution in [1.29, 1.82) is 0 Å². The molecule has 0 saturated carbocycles. The monoisotopic (exact) mass is 407 g/mol. The Hall–Kier alpha value is -1.77. The Balaban J connectivity index is 1.64. The number of carbonyl (C=O) groups is 1. The van der Waals surface area contributed by atoms with E-state index in [-0.39, 0.29) is 30.0 Å². The number of carbonyl (C=O) groups excluding carboxylic acids is 1. The van der Waals surface area contributed by atoms with Gasteiger partial charge in [-0.1, -0.05) is 6.07 Å². The number of thiazole rings is 1. The molecule has 0 aliphatic carbocycles. The van der Waals surface area contributed by atoms with Crippen LogP contribution in [0.4, 0.5) is 5.13 Å². The highest BCUT2D eigenvalue weighted by Gasteiger charge is 2.31. The summed E-state index contributed by atoms with van der Waals surface area (Å²) >= 11 is 1.39. The number of hydrogen-bond donors (Lipinski definition) is 1. The minimum absolute atomic E-state index is 0.0919. The number of nitrogens with one attached hydrogen (secondary N) is 1. The molecule has 27 heavy (non-hydrogen) atoms. The number of anilines is 1. The normalized spacial score (nSPS) is 18.8. The van der Waals surface area contributed by atoms with Gasteiger partial charge in [-0.2, -0.15) is 0 Å². The zero-order valence-corrected chi connectivity index (χ0v) is 17.7. The van der Waals surface area contributed by atoms with Gasteiger partial charge in [0.1, 0.15) is 0 Å². The fourth-order valence-corrected chi connectivity index (χ4v) is 5.86. The van der Waals surface area contributed by atoms with Crippen molar-refractivity contribution < 1.29 is 13.2 Å². The Labute approximate surface area is 164 Å². The molecule has 8 heteroatoms. The third-order valence-electron chi connectivity index (χ3n) is 5.09. The van der Waals surface area contributed by atoms with Crippen molar-refractivity contribution in [2.24, 2.45) is 0 Å². The number of aromatic nitrogens is 1. The average Bonchev–Trinajstić information content (AvgIpc) is 3.17. The van der Waals surface area contributed by atoms with E-state index < -0.39 is 9.84 Å². The first-order chi connectivity index (χ1) is 12.6. The quantitative estimate of drug-likeness (QED) is 0.824. The van der Waals surface area contributed by atoms with Crippen LogP contribution < -0.4 is 5.32 Å². The molecule has 1 aliphatic heterocycles. The van der Waals surface area contributed by atoms with Crippen LogP contribution in [0.25, 0.3) is 11.3 Å². The SMILES string of the molecule is Cc1cc(C)c(-c2csc(NC(=O)CN(C)C3CCS(=O)(=O)C3)n2)cc1C.